The number of hydrogen-bond acceptors (Lipinski definition) is 4. The van der Waals surface area contributed by atoms with Crippen molar-refractivity contribution in [2.45, 2.75) is 13.3 Å². The van der Waals surface area contributed by atoms with Crippen LogP contribution in [0.2, 0.25) is 0 Å². The summed E-state index contributed by atoms with van der Waals surface area (Å²) in [5, 5.41) is 4.20. The van der Waals surface area contributed by atoms with Gasteiger partial charge in [-0.1, -0.05) is 54.3 Å². The van der Waals surface area contributed by atoms with Crippen LogP contribution in [0.5, 0.6) is 0 Å². The van der Waals surface area contributed by atoms with Crippen LogP contribution in [-0.2, 0) is 18.3 Å². The first-order valence-electron chi connectivity index (χ1n) is 7.34. The first kappa shape index (κ1) is 16.0. The lowest BCUT2D eigenvalue weighted by Crippen LogP contribution is -2.30. The number of hydrogen-bond donors (Lipinski definition) is 0. The van der Waals surface area contributed by atoms with Gasteiger partial charge in [-0.2, -0.15) is 5.10 Å². The average molecular weight is 343 g/mol. The van der Waals surface area contributed by atoms with Gasteiger partial charge in [0, 0.05) is 24.8 Å². The molecule has 0 aliphatic carbocycles. The van der Waals surface area contributed by atoms with E-state index in [1.807, 2.05) is 38.2 Å². The van der Waals surface area contributed by atoms with Crippen LogP contribution >= 0.6 is 24.0 Å². The second-order valence-corrected chi connectivity index (χ2v) is 7.05. The monoisotopic (exact) mass is 343 g/mol. The molecule has 0 atom stereocenters. The molecule has 118 valence electrons. The summed E-state index contributed by atoms with van der Waals surface area (Å²) >= 11 is 6.73. The Balaban J connectivity index is 1.73. The fourth-order valence-corrected chi connectivity index (χ4v) is 3.68. The number of carbonyl (C=O) groups is 1. The molecule has 1 aromatic carbocycles. The van der Waals surface area contributed by atoms with Gasteiger partial charge in [-0.15, -0.1) is 0 Å². The minimum Gasteiger partial charge on any atom is -0.293 e. The second kappa shape index (κ2) is 6.68. The van der Waals surface area contributed by atoms with Crippen LogP contribution < -0.4 is 0 Å². The number of rotatable bonds is 4. The molecule has 1 aliphatic rings. The molecule has 0 N–H and O–H groups in total. The molecule has 2 heterocycles. The average Bonchev–Trinajstić information content (AvgIpc) is 3.00. The van der Waals surface area contributed by atoms with Crippen LogP contribution in [0.1, 0.15) is 16.8 Å². The number of nitrogens with zero attached hydrogens (tertiary/aromatic N) is 3. The summed E-state index contributed by atoms with van der Waals surface area (Å²) in [4.78, 5) is 14.9. The molecule has 1 amide bonds. The van der Waals surface area contributed by atoms with Crippen molar-refractivity contribution in [3.8, 4) is 0 Å². The van der Waals surface area contributed by atoms with Gasteiger partial charge in [-0.05, 0) is 25.0 Å². The number of thiocarbonyl (C=S) groups is 1. The Bertz CT molecular complexity index is 780. The van der Waals surface area contributed by atoms with Crippen LogP contribution in [0.3, 0.4) is 0 Å². The number of aromatic nitrogens is 2. The van der Waals surface area contributed by atoms with E-state index in [1.54, 1.807) is 15.8 Å². The van der Waals surface area contributed by atoms with Gasteiger partial charge in [-0.3, -0.25) is 14.4 Å². The predicted octanol–water partition coefficient (Wildman–Crippen LogP) is 3.17. The number of thioether (sulfide) groups is 1. The molecular formula is C17H17N3OS2. The van der Waals surface area contributed by atoms with Gasteiger partial charge in [0.05, 0.1) is 11.1 Å². The maximum atomic E-state index is 12.6. The smallest absolute Gasteiger partial charge is 0.266 e. The summed E-state index contributed by atoms with van der Waals surface area (Å²) in [6.07, 6.45) is 4.45. The van der Waals surface area contributed by atoms with E-state index >= 15 is 0 Å². The van der Waals surface area contributed by atoms with E-state index in [-0.39, 0.29) is 5.91 Å². The number of benzene rings is 1. The SMILES string of the molecule is Cc1c(/C=C2/SC(=S)N(CCc3ccccc3)C2=O)cnn1C. The molecule has 1 fully saturated rings. The molecule has 0 radical (unpaired) electrons. The number of carbonyl (C=O) groups excluding carboxylic acids is 1. The van der Waals surface area contributed by atoms with Gasteiger partial charge >= 0.3 is 0 Å². The Kier molecular flexibility index (Phi) is 4.63. The number of amides is 1. The Hall–Kier alpha value is -1.92. The molecule has 23 heavy (non-hydrogen) atoms. The van der Waals surface area contributed by atoms with Crippen molar-refractivity contribution >= 4 is 40.3 Å². The van der Waals surface area contributed by atoms with E-state index in [0.29, 0.717) is 15.8 Å². The molecule has 2 aromatic rings. The van der Waals surface area contributed by atoms with E-state index < -0.39 is 0 Å². The van der Waals surface area contributed by atoms with Crippen molar-refractivity contribution in [2.75, 3.05) is 6.54 Å². The molecule has 1 aromatic heterocycles. The maximum absolute atomic E-state index is 12.6. The molecule has 4 nitrogen and oxygen atoms in total. The molecule has 0 saturated carbocycles. The van der Waals surface area contributed by atoms with E-state index in [2.05, 4.69) is 17.2 Å². The molecule has 0 unspecified atom stereocenters. The first-order chi connectivity index (χ1) is 11.1. The summed E-state index contributed by atoms with van der Waals surface area (Å²) in [6.45, 7) is 2.59. The fraction of sp³-hybridized carbons (Fsp3) is 0.235. The van der Waals surface area contributed by atoms with Crippen molar-refractivity contribution in [1.82, 2.24) is 14.7 Å². The minimum atomic E-state index is -0.0146. The maximum Gasteiger partial charge on any atom is 0.266 e. The second-order valence-electron chi connectivity index (χ2n) is 5.38. The lowest BCUT2D eigenvalue weighted by molar-refractivity contribution is -0.122. The van der Waals surface area contributed by atoms with Crippen molar-refractivity contribution in [2.24, 2.45) is 7.05 Å². The molecule has 6 heteroatoms. The number of aryl methyl sites for hydroxylation is 1. The Labute approximate surface area is 145 Å². The zero-order valence-corrected chi connectivity index (χ0v) is 14.7. The van der Waals surface area contributed by atoms with Crippen LogP contribution in [0.4, 0.5) is 0 Å². The Morgan fingerprint density at radius 1 is 1.30 bits per heavy atom. The van der Waals surface area contributed by atoms with Crippen LogP contribution in [0.15, 0.2) is 41.4 Å². The van der Waals surface area contributed by atoms with Crippen molar-refractivity contribution < 1.29 is 4.79 Å². The normalized spacial score (nSPS) is 16.6. The Morgan fingerprint density at radius 2 is 2.04 bits per heavy atom. The fourth-order valence-electron chi connectivity index (χ4n) is 2.38. The first-order valence-corrected chi connectivity index (χ1v) is 8.56. The Morgan fingerprint density at radius 3 is 2.70 bits per heavy atom. The van der Waals surface area contributed by atoms with Gasteiger partial charge in [-0.25, -0.2) is 0 Å². The highest BCUT2D eigenvalue weighted by molar-refractivity contribution is 8.26. The molecule has 3 rings (SSSR count). The van der Waals surface area contributed by atoms with E-state index in [9.17, 15) is 4.79 Å². The molecule has 0 spiro atoms. The highest BCUT2D eigenvalue weighted by atomic mass is 32.2. The van der Waals surface area contributed by atoms with Crippen molar-refractivity contribution in [3.05, 3.63) is 58.3 Å². The van der Waals surface area contributed by atoms with Gasteiger partial charge < -0.3 is 0 Å². The summed E-state index contributed by atoms with van der Waals surface area (Å²) in [5.41, 5.74) is 3.18. The zero-order valence-electron chi connectivity index (χ0n) is 13.0. The molecule has 0 bridgehead atoms. The summed E-state index contributed by atoms with van der Waals surface area (Å²) in [7, 11) is 1.89. The van der Waals surface area contributed by atoms with E-state index in [0.717, 1.165) is 17.7 Å². The largest absolute Gasteiger partial charge is 0.293 e. The topological polar surface area (TPSA) is 38.1 Å². The van der Waals surface area contributed by atoms with Crippen LogP contribution in [0, 0.1) is 6.92 Å². The standard InChI is InChI=1S/C17H17N3OS2/c1-12-14(11-18-19(12)2)10-15-16(21)20(17(22)23-15)9-8-13-6-4-3-5-7-13/h3-7,10-11H,8-9H2,1-2H3/b15-10+. The van der Waals surface area contributed by atoms with Gasteiger partial charge in [0.2, 0.25) is 0 Å². The van der Waals surface area contributed by atoms with E-state index in [1.165, 1.54) is 17.3 Å². The minimum absolute atomic E-state index is 0.0146. The zero-order chi connectivity index (χ0) is 16.4. The van der Waals surface area contributed by atoms with Crippen LogP contribution in [0.25, 0.3) is 6.08 Å². The predicted molar refractivity (Wildman–Crippen MR) is 98.0 cm³/mol. The lowest BCUT2D eigenvalue weighted by atomic mass is 10.1. The van der Waals surface area contributed by atoms with Crippen LogP contribution in [-0.4, -0.2) is 31.5 Å². The molecule has 1 aliphatic heterocycles. The van der Waals surface area contributed by atoms with Crippen molar-refractivity contribution in [1.29, 1.82) is 0 Å². The van der Waals surface area contributed by atoms with Gasteiger partial charge in [0.25, 0.3) is 5.91 Å². The third-order valence-corrected chi connectivity index (χ3v) is 5.28. The van der Waals surface area contributed by atoms with Gasteiger partial charge in [0.15, 0.2) is 0 Å². The summed E-state index contributed by atoms with van der Waals surface area (Å²) in [6, 6.07) is 10.1. The third kappa shape index (κ3) is 3.38. The quantitative estimate of drug-likeness (QED) is 0.631. The summed E-state index contributed by atoms with van der Waals surface area (Å²) in [5.74, 6) is -0.0146. The molecule has 1 saturated heterocycles. The summed E-state index contributed by atoms with van der Waals surface area (Å²) < 4.78 is 2.42. The third-order valence-electron chi connectivity index (χ3n) is 3.90. The van der Waals surface area contributed by atoms with E-state index in [4.69, 9.17) is 12.2 Å². The van der Waals surface area contributed by atoms with Crippen molar-refractivity contribution in [3.63, 3.8) is 0 Å². The highest BCUT2D eigenvalue weighted by Crippen LogP contribution is 2.33. The highest BCUT2D eigenvalue weighted by Gasteiger charge is 2.31. The lowest BCUT2D eigenvalue weighted by Gasteiger charge is -2.14. The molecular weight excluding hydrogens is 326 g/mol. The van der Waals surface area contributed by atoms with Gasteiger partial charge in [0.1, 0.15) is 4.32 Å².